The van der Waals surface area contributed by atoms with Crippen molar-refractivity contribution in [3.63, 3.8) is 0 Å². The summed E-state index contributed by atoms with van der Waals surface area (Å²) in [4.78, 5) is 22.8. The number of hydrogen-bond acceptors (Lipinski definition) is 7. The molecule has 1 aromatic heterocycles. The van der Waals surface area contributed by atoms with Gasteiger partial charge in [-0.3, -0.25) is 14.9 Å². The number of nitro benzene ring substituents is 1. The van der Waals surface area contributed by atoms with E-state index in [2.05, 4.69) is 15.5 Å². The van der Waals surface area contributed by atoms with E-state index in [-0.39, 0.29) is 34.0 Å². The second kappa shape index (κ2) is 8.98. The second-order valence-electron chi connectivity index (χ2n) is 6.64. The zero-order valence-corrected chi connectivity index (χ0v) is 15.9. The van der Waals surface area contributed by atoms with Gasteiger partial charge in [0.05, 0.1) is 10.2 Å². The molecule has 0 spiro atoms. The van der Waals surface area contributed by atoms with Gasteiger partial charge in [0.2, 0.25) is 11.8 Å². The molecule has 27 heavy (non-hydrogen) atoms. The van der Waals surface area contributed by atoms with Gasteiger partial charge < -0.3 is 9.73 Å². The molecule has 1 saturated carbocycles. The Bertz CT molecular complexity index is 802. The van der Waals surface area contributed by atoms with Gasteiger partial charge in [-0.2, -0.15) is 0 Å². The Morgan fingerprint density at radius 2 is 2.04 bits per heavy atom. The number of thioether (sulfide) groups is 1. The maximum atomic E-state index is 12.4. The predicted molar refractivity (Wildman–Crippen MR) is 101 cm³/mol. The molecule has 1 fully saturated rings. The summed E-state index contributed by atoms with van der Waals surface area (Å²) in [5, 5.41) is 21.8. The summed E-state index contributed by atoms with van der Waals surface area (Å²) < 4.78 is 5.57. The molecule has 1 aliphatic carbocycles. The molecule has 8 nitrogen and oxygen atoms in total. The van der Waals surface area contributed by atoms with Crippen LogP contribution in [0.3, 0.4) is 0 Å². The van der Waals surface area contributed by atoms with Crippen LogP contribution in [-0.4, -0.2) is 32.3 Å². The van der Waals surface area contributed by atoms with Crippen molar-refractivity contribution in [2.75, 3.05) is 0 Å². The Morgan fingerprint density at radius 3 is 2.74 bits per heavy atom. The van der Waals surface area contributed by atoms with Gasteiger partial charge in [0.25, 0.3) is 10.9 Å². The van der Waals surface area contributed by atoms with Gasteiger partial charge in [0.15, 0.2) is 0 Å². The van der Waals surface area contributed by atoms with Crippen LogP contribution in [0.5, 0.6) is 0 Å². The molecule has 1 atom stereocenters. The van der Waals surface area contributed by atoms with E-state index in [4.69, 9.17) is 4.42 Å². The van der Waals surface area contributed by atoms with E-state index in [9.17, 15) is 14.9 Å². The van der Waals surface area contributed by atoms with Gasteiger partial charge in [-0.05, 0) is 25.8 Å². The first-order chi connectivity index (χ1) is 13.0. The summed E-state index contributed by atoms with van der Waals surface area (Å²) in [5.41, 5.74) is 0.426. The van der Waals surface area contributed by atoms with Crippen LogP contribution in [0.25, 0.3) is 11.5 Å². The van der Waals surface area contributed by atoms with Crippen LogP contribution >= 0.6 is 11.8 Å². The molecule has 1 heterocycles. The summed E-state index contributed by atoms with van der Waals surface area (Å²) in [6, 6.07) is 6.25. The average Bonchev–Trinajstić information content (AvgIpc) is 2.97. The number of nitro groups is 1. The van der Waals surface area contributed by atoms with Crippen molar-refractivity contribution in [3.05, 3.63) is 34.4 Å². The van der Waals surface area contributed by atoms with Crippen LogP contribution in [0.15, 0.2) is 33.9 Å². The highest BCUT2D eigenvalue weighted by molar-refractivity contribution is 8.00. The molecule has 2 aromatic rings. The van der Waals surface area contributed by atoms with E-state index in [1.807, 2.05) is 0 Å². The standard InChI is InChI=1S/C18H22N4O4S/c1-12(16(23)19-14-8-4-2-3-5-9-14)27-18-21-20-17(26-18)13-7-6-10-15(11-13)22(24)25/h6-7,10-12,14H,2-5,8-9H2,1H3,(H,19,23)/t12-/m0/s1. The van der Waals surface area contributed by atoms with Crippen molar-refractivity contribution in [2.45, 2.75) is 62.0 Å². The van der Waals surface area contributed by atoms with Gasteiger partial charge in [-0.15, -0.1) is 10.2 Å². The number of rotatable bonds is 6. The van der Waals surface area contributed by atoms with Gasteiger partial charge >= 0.3 is 0 Å². The SMILES string of the molecule is C[C@H](Sc1nnc(-c2cccc([N+](=O)[O-])c2)o1)C(=O)NC1CCCCCC1. The van der Waals surface area contributed by atoms with E-state index in [1.165, 1.54) is 36.7 Å². The first-order valence-electron chi connectivity index (χ1n) is 9.08. The van der Waals surface area contributed by atoms with Crippen LogP contribution < -0.4 is 5.32 Å². The van der Waals surface area contributed by atoms with E-state index in [0.717, 1.165) is 25.7 Å². The first-order valence-corrected chi connectivity index (χ1v) is 9.96. The van der Waals surface area contributed by atoms with Gasteiger partial charge in [0.1, 0.15) is 0 Å². The quantitative estimate of drug-likeness (QED) is 0.344. The largest absolute Gasteiger partial charge is 0.411 e. The van der Waals surface area contributed by atoms with E-state index in [0.29, 0.717) is 5.56 Å². The molecular formula is C18H22N4O4S. The number of benzene rings is 1. The normalized spacial score (nSPS) is 16.5. The van der Waals surface area contributed by atoms with Gasteiger partial charge in [-0.25, -0.2) is 0 Å². The maximum absolute atomic E-state index is 12.4. The molecule has 0 bridgehead atoms. The smallest absolute Gasteiger partial charge is 0.277 e. The number of hydrogen-bond donors (Lipinski definition) is 1. The van der Waals surface area contributed by atoms with Crippen molar-refractivity contribution in [3.8, 4) is 11.5 Å². The summed E-state index contributed by atoms with van der Waals surface area (Å²) in [6.07, 6.45) is 6.84. The van der Waals surface area contributed by atoms with Gasteiger partial charge in [0, 0.05) is 23.7 Å². The second-order valence-corrected chi connectivity index (χ2v) is 7.93. The highest BCUT2D eigenvalue weighted by Crippen LogP contribution is 2.28. The highest BCUT2D eigenvalue weighted by atomic mass is 32.2. The zero-order valence-electron chi connectivity index (χ0n) is 15.1. The predicted octanol–water partition coefficient (Wildman–Crippen LogP) is 3.96. The Hall–Kier alpha value is -2.42. The number of aromatic nitrogens is 2. The molecule has 0 aliphatic heterocycles. The lowest BCUT2D eigenvalue weighted by Crippen LogP contribution is -2.39. The van der Waals surface area contributed by atoms with E-state index in [1.54, 1.807) is 19.1 Å². The molecule has 0 radical (unpaired) electrons. The van der Waals surface area contributed by atoms with Gasteiger partial charge in [-0.1, -0.05) is 43.5 Å². The number of amides is 1. The number of non-ortho nitro benzene ring substituents is 1. The first kappa shape index (κ1) is 19.3. The fourth-order valence-electron chi connectivity index (χ4n) is 3.07. The van der Waals surface area contributed by atoms with Crippen molar-refractivity contribution in [1.82, 2.24) is 15.5 Å². The van der Waals surface area contributed by atoms with Crippen molar-refractivity contribution >= 4 is 23.4 Å². The number of carbonyl (C=O) groups excluding carboxylic acids is 1. The van der Waals surface area contributed by atoms with Crippen molar-refractivity contribution in [1.29, 1.82) is 0 Å². The summed E-state index contributed by atoms with van der Waals surface area (Å²) >= 11 is 1.19. The van der Waals surface area contributed by atoms with Crippen LogP contribution in [0, 0.1) is 10.1 Å². The molecule has 1 amide bonds. The number of carbonyl (C=O) groups is 1. The average molecular weight is 390 g/mol. The van der Waals surface area contributed by atoms with Crippen LogP contribution in [0.4, 0.5) is 5.69 Å². The minimum atomic E-state index is -0.477. The van der Waals surface area contributed by atoms with Crippen molar-refractivity contribution in [2.24, 2.45) is 0 Å². The fraction of sp³-hybridized carbons (Fsp3) is 0.500. The molecule has 1 N–H and O–H groups in total. The number of nitrogens with one attached hydrogen (secondary N) is 1. The molecule has 0 unspecified atom stereocenters. The Labute approximate surface area is 161 Å². The molecule has 144 valence electrons. The molecule has 1 aliphatic rings. The molecule has 3 rings (SSSR count). The van der Waals surface area contributed by atoms with Crippen LogP contribution in [0.2, 0.25) is 0 Å². The fourth-order valence-corrected chi connectivity index (χ4v) is 3.77. The summed E-state index contributed by atoms with van der Waals surface area (Å²) in [5.74, 6) is 0.152. The highest BCUT2D eigenvalue weighted by Gasteiger charge is 2.22. The molecule has 1 aromatic carbocycles. The maximum Gasteiger partial charge on any atom is 0.277 e. The lowest BCUT2D eigenvalue weighted by Gasteiger charge is -2.18. The lowest BCUT2D eigenvalue weighted by molar-refractivity contribution is -0.384. The Balaban J connectivity index is 1.60. The van der Waals surface area contributed by atoms with E-state index < -0.39 is 4.92 Å². The minimum Gasteiger partial charge on any atom is -0.411 e. The molecular weight excluding hydrogens is 368 g/mol. The molecule has 0 saturated heterocycles. The zero-order chi connectivity index (χ0) is 19.2. The third-order valence-corrected chi connectivity index (χ3v) is 5.49. The van der Waals surface area contributed by atoms with Crippen molar-refractivity contribution < 1.29 is 14.1 Å². The monoisotopic (exact) mass is 390 g/mol. The third kappa shape index (κ3) is 5.29. The Morgan fingerprint density at radius 1 is 1.30 bits per heavy atom. The lowest BCUT2D eigenvalue weighted by atomic mass is 10.1. The topological polar surface area (TPSA) is 111 Å². The van der Waals surface area contributed by atoms with Crippen LogP contribution in [-0.2, 0) is 4.79 Å². The third-order valence-electron chi connectivity index (χ3n) is 4.56. The van der Waals surface area contributed by atoms with Crippen LogP contribution in [0.1, 0.15) is 45.4 Å². The Kier molecular flexibility index (Phi) is 6.44. The molecule has 9 heteroatoms. The van der Waals surface area contributed by atoms with E-state index >= 15 is 0 Å². The summed E-state index contributed by atoms with van der Waals surface area (Å²) in [6.45, 7) is 1.80. The summed E-state index contributed by atoms with van der Waals surface area (Å²) in [7, 11) is 0. The number of nitrogens with zero attached hydrogens (tertiary/aromatic N) is 3. The minimum absolute atomic E-state index is 0.0398.